The van der Waals surface area contributed by atoms with E-state index in [1.165, 1.54) is 0 Å². The monoisotopic (exact) mass is 444 g/mol. The van der Waals surface area contributed by atoms with Crippen LogP contribution in [0.2, 0.25) is 0 Å². The first-order valence-electron chi connectivity index (χ1n) is 9.58. The van der Waals surface area contributed by atoms with Gasteiger partial charge in [0, 0.05) is 37.2 Å². The smallest absolute Gasteiger partial charge is 0.229 e. The highest BCUT2D eigenvalue weighted by molar-refractivity contribution is 9.10. The zero-order chi connectivity index (χ0) is 19.5. The maximum atomic E-state index is 13.2. The quantitative estimate of drug-likeness (QED) is 0.758. The number of hydrogen-bond donors (Lipinski definition) is 2. The molecule has 4 rings (SSSR count). The third-order valence-electron chi connectivity index (χ3n) is 5.52. The van der Waals surface area contributed by atoms with E-state index in [0.717, 1.165) is 47.7 Å². The number of para-hydroxylation sites is 2. The third kappa shape index (κ3) is 3.87. The molecule has 148 valence electrons. The van der Waals surface area contributed by atoms with Crippen molar-refractivity contribution >= 4 is 27.5 Å². The lowest BCUT2D eigenvalue weighted by Gasteiger charge is -2.38. The minimum atomic E-state index is -0.105. The summed E-state index contributed by atoms with van der Waals surface area (Å²) in [6.45, 7) is 3.70. The number of benzene rings is 2. The van der Waals surface area contributed by atoms with Crippen molar-refractivity contribution in [2.45, 2.75) is 6.04 Å². The van der Waals surface area contributed by atoms with Gasteiger partial charge in [-0.2, -0.15) is 0 Å². The predicted molar refractivity (Wildman–Crippen MR) is 113 cm³/mol. The molecular weight excluding hydrogens is 420 g/mol. The molecule has 2 aliphatic rings. The molecule has 2 aromatic carbocycles. The number of hydrazine groups is 1. The molecule has 0 aliphatic carbocycles. The van der Waals surface area contributed by atoms with Gasteiger partial charge in [-0.15, -0.1) is 0 Å². The van der Waals surface area contributed by atoms with Crippen molar-refractivity contribution in [3.05, 3.63) is 58.6 Å². The summed E-state index contributed by atoms with van der Waals surface area (Å²) >= 11 is 3.52. The van der Waals surface area contributed by atoms with Crippen molar-refractivity contribution in [3.63, 3.8) is 0 Å². The summed E-state index contributed by atoms with van der Waals surface area (Å²) in [5.74, 6) is 0.982. The molecule has 0 saturated carbocycles. The summed E-state index contributed by atoms with van der Waals surface area (Å²) < 4.78 is 6.51. The zero-order valence-corrected chi connectivity index (χ0v) is 17.5. The van der Waals surface area contributed by atoms with Crippen molar-refractivity contribution in [2.24, 2.45) is 5.92 Å². The molecule has 2 aromatic rings. The molecule has 0 spiro atoms. The number of nitrogens with zero attached hydrogens (tertiary/aromatic N) is 2. The molecule has 2 fully saturated rings. The second-order valence-electron chi connectivity index (χ2n) is 7.15. The Morgan fingerprint density at radius 2 is 1.89 bits per heavy atom. The first-order chi connectivity index (χ1) is 13.7. The maximum absolute atomic E-state index is 13.2. The average Bonchev–Trinajstić information content (AvgIpc) is 3.23. The summed E-state index contributed by atoms with van der Waals surface area (Å²) in [4.78, 5) is 17.5. The number of methoxy groups -OCH3 is 1. The lowest BCUT2D eigenvalue weighted by molar-refractivity contribution is -0.135. The van der Waals surface area contributed by atoms with Crippen molar-refractivity contribution in [1.82, 2.24) is 15.8 Å². The molecule has 0 aromatic heterocycles. The summed E-state index contributed by atoms with van der Waals surface area (Å²) in [5, 5.41) is 0. The van der Waals surface area contributed by atoms with Gasteiger partial charge < -0.3 is 14.5 Å². The Bertz CT molecular complexity index is 839. The lowest BCUT2D eigenvalue weighted by atomic mass is 9.93. The molecule has 2 heterocycles. The molecule has 2 N–H and O–H groups in total. The van der Waals surface area contributed by atoms with Crippen LogP contribution in [0.3, 0.4) is 0 Å². The van der Waals surface area contributed by atoms with Crippen LogP contribution in [0.4, 0.5) is 5.69 Å². The van der Waals surface area contributed by atoms with Gasteiger partial charge in [0.05, 0.1) is 24.8 Å². The summed E-state index contributed by atoms with van der Waals surface area (Å²) in [6.07, 6.45) is 0. The number of halogens is 1. The molecule has 7 heteroatoms. The van der Waals surface area contributed by atoms with Gasteiger partial charge >= 0.3 is 0 Å². The Hall–Kier alpha value is -2.09. The molecule has 1 amide bonds. The van der Waals surface area contributed by atoms with Gasteiger partial charge in [-0.25, -0.2) is 5.43 Å². The number of carbonyl (C=O) groups excluding carboxylic acids is 1. The van der Waals surface area contributed by atoms with Gasteiger partial charge in [-0.3, -0.25) is 10.2 Å². The first kappa shape index (κ1) is 19.2. The Labute approximate surface area is 173 Å². The van der Waals surface area contributed by atoms with E-state index in [4.69, 9.17) is 4.74 Å². The van der Waals surface area contributed by atoms with Crippen LogP contribution in [0.25, 0.3) is 0 Å². The highest BCUT2D eigenvalue weighted by Gasteiger charge is 2.37. The summed E-state index contributed by atoms with van der Waals surface area (Å²) in [7, 11) is 1.70. The van der Waals surface area contributed by atoms with Crippen LogP contribution in [-0.2, 0) is 4.79 Å². The van der Waals surface area contributed by atoms with E-state index in [-0.39, 0.29) is 17.9 Å². The number of piperazine rings is 1. The van der Waals surface area contributed by atoms with E-state index >= 15 is 0 Å². The van der Waals surface area contributed by atoms with E-state index < -0.39 is 0 Å². The number of ether oxygens (including phenoxy) is 1. The highest BCUT2D eigenvalue weighted by atomic mass is 79.9. The predicted octanol–water partition coefficient (Wildman–Crippen LogP) is 2.57. The molecule has 2 aliphatic heterocycles. The fourth-order valence-corrected chi connectivity index (χ4v) is 4.45. The standard InChI is InChI=1S/C21H25BrN4O2/c1-28-19-8-3-2-7-18(19)25-9-11-26(12-10-25)21(27)17-14-23-24-20(17)15-5-4-6-16(22)13-15/h2-8,13,17,20,23-24H,9-12,14H2,1H3. The van der Waals surface area contributed by atoms with Crippen LogP contribution in [0.15, 0.2) is 53.0 Å². The molecule has 2 saturated heterocycles. The number of rotatable bonds is 4. The molecular formula is C21H25BrN4O2. The van der Waals surface area contributed by atoms with Crippen LogP contribution < -0.4 is 20.5 Å². The molecule has 6 nitrogen and oxygen atoms in total. The second kappa shape index (κ2) is 8.51. The maximum Gasteiger partial charge on any atom is 0.229 e. The summed E-state index contributed by atoms with van der Waals surface area (Å²) in [6, 6.07) is 16.2. The Balaban J connectivity index is 1.42. The Kier molecular flexibility index (Phi) is 5.85. The van der Waals surface area contributed by atoms with Crippen molar-refractivity contribution in [3.8, 4) is 5.75 Å². The van der Waals surface area contributed by atoms with Gasteiger partial charge in [-0.1, -0.05) is 40.2 Å². The minimum Gasteiger partial charge on any atom is -0.495 e. The fourth-order valence-electron chi connectivity index (χ4n) is 4.04. The number of hydrogen-bond acceptors (Lipinski definition) is 5. The van der Waals surface area contributed by atoms with E-state index in [1.807, 2.05) is 35.2 Å². The second-order valence-corrected chi connectivity index (χ2v) is 8.06. The minimum absolute atomic E-state index is 0.0164. The normalized spacial score (nSPS) is 22.4. The van der Waals surface area contributed by atoms with Crippen LogP contribution in [0, 0.1) is 5.92 Å². The van der Waals surface area contributed by atoms with Crippen LogP contribution >= 0.6 is 15.9 Å². The zero-order valence-electron chi connectivity index (χ0n) is 15.9. The van der Waals surface area contributed by atoms with E-state index in [2.05, 4.69) is 49.9 Å². The molecule has 0 bridgehead atoms. The summed E-state index contributed by atoms with van der Waals surface area (Å²) in [5.41, 5.74) is 8.65. The molecule has 28 heavy (non-hydrogen) atoms. The van der Waals surface area contributed by atoms with Crippen LogP contribution in [0.1, 0.15) is 11.6 Å². The van der Waals surface area contributed by atoms with Crippen LogP contribution in [-0.4, -0.2) is 50.6 Å². The number of nitrogens with one attached hydrogen (secondary N) is 2. The van der Waals surface area contributed by atoms with E-state index in [1.54, 1.807) is 7.11 Å². The molecule has 2 unspecified atom stereocenters. The average molecular weight is 445 g/mol. The van der Waals surface area contributed by atoms with E-state index in [0.29, 0.717) is 6.54 Å². The molecule has 0 radical (unpaired) electrons. The largest absolute Gasteiger partial charge is 0.495 e. The van der Waals surface area contributed by atoms with Crippen LogP contribution in [0.5, 0.6) is 5.75 Å². The van der Waals surface area contributed by atoms with Gasteiger partial charge in [0.1, 0.15) is 5.75 Å². The van der Waals surface area contributed by atoms with Crippen molar-refractivity contribution in [2.75, 3.05) is 44.7 Å². The Morgan fingerprint density at radius 1 is 1.11 bits per heavy atom. The number of amides is 1. The highest BCUT2D eigenvalue weighted by Crippen LogP contribution is 2.31. The lowest BCUT2D eigenvalue weighted by Crippen LogP contribution is -2.51. The third-order valence-corrected chi connectivity index (χ3v) is 6.02. The number of anilines is 1. The van der Waals surface area contributed by atoms with Crippen molar-refractivity contribution < 1.29 is 9.53 Å². The van der Waals surface area contributed by atoms with Crippen molar-refractivity contribution in [1.29, 1.82) is 0 Å². The topological polar surface area (TPSA) is 56.8 Å². The van der Waals surface area contributed by atoms with Gasteiger partial charge in [-0.05, 0) is 29.8 Å². The fraction of sp³-hybridized carbons (Fsp3) is 0.381. The SMILES string of the molecule is COc1ccccc1N1CCN(C(=O)C2CNNC2c2cccc(Br)c2)CC1. The Morgan fingerprint density at radius 3 is 2.64 bits per heavy atom. The van der Waals surface area contributed by atoms with Gasteiger partial charge in [0.15, 0.2) is 0 Å². The van der Waals surface area contributed by atoms with E-state index in [9.17, 15) is 4.79 Å². The van der Waals surface area contributed by atoms with Gasteiger partial charge in [0.25, 0.3) is 0 Å². The van der Waals surface area contributed by atoms with Gasteiger partial charge in [0.2, 0.25) is 5.91 Å². The first-order valence-corrected chi connectivity index (χ1v) is 10.4. The molecule has 2 atom stereocenters. The number of carbonyl (C=O) groups is 1.